The van der Waals surface area contributed by atoms with Gasteiger partial charge in [-0.2, -0.15) is 13.2 Å². The van der Waals surface area contributed by atoms with Crippen molar-refractivity contribution in [2.75, 3.05) is 19.8 Å². The quantitative estimate of drug-likeness (QED) is 0.192. The molecule has 9 heteroatoms. The number of unbranched alkanes of at least 4 members (excludes halogenated alkanes) is 2. The predicted molar refractivity (Wildman–Crippen MR) is 131 cm³/mol. The van der Waals surface area contributed by atoms with Gasteiger partial charge in [0.25, 0.3) is 0 Å². The molecular formula is C29H32F6O3. The number of rotatable bonds is 8. The Labute approximate surface area is 218 Å². The molecule has 0 amide bonds. The van der Waals surface area contributed by atoms with E-state index in [1.54, 1.807) is 0 Å². The number of ether oxygens (including phenoxy) is 3. The summed E-state index contributed by atoms with van der Waals surface area (Å²) in [7, 11) is 0. The Balaban J connectivity index is 1.32. The maximum Gasteiger partial charge on any atom is 0.458 e. The lowest BCUT2D eigenvalue weighted by molar-refractivity contribution is -0.214. The van der Waals surface area contributed by atoms with Crippen molar-refractivity contribution >= 4 is 10.8 Å². The van der Waals surface area contributed by atoms with Crippen LogP contribution in [0.1, 0.15) is 75.7 Å². The van der Waals surface area contributed by atoms with Crippen molar-refractivity contribution in [3.8, 4) is 11.8 Å². The normalized spacial score (nSPS) is 24.3. The lowest BCUT2D eigenvalue weighted by atomic mass is 9.84. The topological polar surface area (TPSA) is 27.7 Å². The number of fused-ring (bicyclic) bond motifs is 1. The summed E-state index contributed by atoms with van der Waals surface area (Å²) in [6, 6.07) is 3.03. The van der Waals surface area contributed by atoms with E-state index >= 15 is 0 Å². The number of hydrogen-bond acceptors (Lipinski definition) is 3. The fourth-order valence-electron chi connectivity index (χ4n) is 5.19. The van der Waals surface area contributed by atoms with Crippen LogP contribution in [0.3, 0.4) is 0 Å². The lowest BCUT2D eigenvalue weighted by Crippen LogP contribution is -2.32. The second-order valence-electron chi connectivity index (χ2n) is 10.2. The van der Waals surface area contributed by atoms with Crippen molar-refractivity contribution in [3.63, 3.8) is 0 Å². The molecule has 0 bridgehead atoms. The highest BCUT2D eigenvalue weighted by atomic mass is 19.4. The van der Waals surface area contributed by atoms with Crippen molar-refractivity contribution in [2.45, 2.75) is 76.9 Å². The zero-order chi connectivity index (χ0) is 27.3. The summed E-state index contributed by atoms with van der Waals surface area (Å²) in [5, 5.41) is -0.820. The van der Waals surface area contributed by atoms with Crippen molar-refractivity contribution in [1.29, 1.82) is 0 Å². The number of hydrogen-bond donors (Lipinski definition) is 0. The molecule has 0 atom stereocenters. The number of benzene rings is 2. The highest BCUT2D eigenvalue weighted by Gasteiger charge is 2.28. The number of halogens is 6. The maximum absolute atomic E-state index is 14.8. The van der Waals surface area contributed by atoms with E-state index in [0.29, 0.717) is 19.8 Å². The van der Waals surface area contributed by atoms with Crippen molar-refractivity contribution in [1.82, 2.24) is 0 Å². The molecule has 1 aliphatic carbocycles. The van der Waals surface area contributed by atoms with Gasteiger partial charge in [-0.25, -0.2) is 13.2 Å². The molecule has 0 aromatic heterocycles. The summed E-state index contributed by atoms with van der Waals surface area (Å²) in [6.45, 7) is 3.33. The van der Waals surface area contributed by atoms with Crippen molar-refractivity contribution in [2.24, 2.45) is 11.8 Å². The van der Waals surface area contributed by atoms with E-state index in [1.165, 1.54) is 50.5 Å². The molecule has 1 saturated carbocycles. The third kappa shape index (κ3) is 7.43. The van der Waals surface area contributed by atoms with Crippen LogP contribution in [0.25, 0.3) is 10.8 Å². The van der Waals surface area contributed by atoms with E-state index in [1.807, 2.05) is 0 Å². The fraction of sp³-hybridized carbons (Fsp3) is 0.586. The number of alkyl halides is 3. The molecule has 0 N–H and O–H groups in total. The minimum Gasteiger partial charge on any atom is -0.378 e. The van der Waals surface area contributed by atoms with E-state index in [2.05, 4.69) is 6.92 Å². The highest BCUT2D eigenvalue weighted by molar-refractivity contribution is 5.86. The Morgan fingerprint density at radius 1 is 0.921 bits per heavy atom. The molecule has 2 fully saturated rings. The van der Waals surface area contributed by atoms with Gasteiger partial charge in [-0.05, 0) is 55.2 Å². The second-order valence-corrected chi connectivity index (χ2v) is 10.2. The van der Waals surface area contributed by atoms with Crippen LogP contribution in [0.5, 0.6) is 0 Å². The molecule has 38 heavy (non-hydrogen) atoms. The molecule has 1 heterocycles. The Morgan fingerprint density at radius 2 is 1.63 bits per heavy atom. The first-order valence-corrected chi connectivity index (χ1v) is 13.2. The smallest absolute Gasteiger partial charge is 0.378 e. The average Bonchev–Trinajstić information content (AvgIpc) is 2.87. The van der Waals surface area contributed by atoms with E-state index in [4.69, 9.17) is 14.2 Å². The first kappa shape index (κ1) is 28.7. The molecule has 0 unspecified atom stereocenters. The van der Waals surface area contributed by atoms with Gasteiger partial charge < -0.3 is 14.2 Å². The predicted octanol–water partition coefficient (Wildman–Crippen LogP) is 7.99. The molecule has 1 aliphatic heterocycles. The van der Waals surface area contributed by atoms with Crippen LogP contribution in [0, 0.1) is 41.1 Å². The van der Waals surface area contributed by atoms with Crippen LogP contribution < -0.4 is 0 Å². The molecule has 3 nitrogen and oxygen atoms in total. The zero-order valence-electron chi connectivity index (χ0n) is 21.3. The van der Waals surface area contributed by atoms with Gasteiger partial charge >= 0.3 is 6.18 Å². The van der Waals surface area contributed by atoms with E-state index in [-0.39, 0.29) is 23.0 Å². The van der Waals surface area contributed by atoms with Gasteiger partial charge in [-0.15, -0.1) is 0 Å². The summed E-state index contributed by atoms with van der Waals surface area (Å²) in [5.41, 5.74) is -0.928. The van der Waals surface area contributed by atoms with Gasteiger partial charge in [0, 0.05) is 17.4 Å². The maximum atomic E-state index is 14.8. The molecule has 208 valence electrons. The van der Waals surface area contributed by atoms with E-state index in [9.17, 15) is 26.3 Å². The van der Waals surface area contributed by atoms with Gasteiger partial charge in [0.15, 0.2) is 12.1 Å². The molecule has 0 spiro atoms. The monoisotopic (exact) mass is 542 g/mol. The average molecular weight is 543 g/mol. The van der Waals surface area contributed by atoms with Gasteiger partial charge in [0.05, 0.1) is 36.9 Å². The fourth-order valence-corrected chi connectivity index (χ4v) is 5.19. The SMILES string of the molecule is CCCCCC1CCC(OCC2COC(c3cc(F)c4c(F)c(C#CC(F)(F)F)c(F)cc4c3)OC2)CC1. The third-order valence-corrected chi connectivity index (χ3v) is 7.25. The minimum atomic E-state index is -4.94. The molecular weight excluding hydrogens is 510 g/mol. The second kappa shape index (κ2) is 12.7. The van der Waals surface area contributed by atoms with Crippen LogP contribution in [-0.4, -0.2) is 32.1 Å². The summed E-state index contributed by atoms with van der Waals surface area (Å²) in [5.74, 6) is -0.852. The lowest BCUT2D eigenvalue weighted by Gasteiger charge is -2.32. The van der Waals surface area contributed by atoms with Crippen LogP contribution in [0.4, 0.5) is 26.3 Å². The summed E-state index contributed by atoms with van der Waals surface area (Å²) in [4.78, 5) is 0. The molecule has 2 aromatic carbocycles. The largest absolute Gasteiger partial charge is 0.458 e. The van der Waals surface area contributed by atoms with Crippen LogP contribution in [0.15, 0.2) is 18.2 Å². The Bertz CT molecular complexity index is 1150. The third-order valence-electron chi connectivity index (χ3n) is 7.25. The van der Waals surface area contributed by atoms with Crippen LogP contribution in [-0.2, 0) is 14.2 Å². The van der Waals surface area contributed by atoms with Crippen molar-refractivity contribution < 1.29 is 40.6 Å². The van der Waals surface area contributed by atoms with Gasteiger partial charge in [-0.1, -0.05) is 38.5 Å². The van der Waals surface area contributed by atoms with Crippen molar-refractivity contribution in [3.05, 3.63) is 46.8 Å². The Kier molecular flexibility index (Phi) is 9.61. The molecule has 4 rings (SSSR count). The van der Waals surface area contributed by atoms with E-state index < -0.39 is 40.9 Å². The minimum absolute atomic E-state index is 0.00323. The molecule has 2 aromatic rings. The summed E-state index contributed by atoms with van der Waals surface area (Å²) < 4.78 is 98.5. The van der Waals surface area contributed by atoms with Gasteiger partial charge in [0.2, 0.25) is 0 Å². The summed E-state index contributed by atoms with van der Waals surface area (Å²) in [6.07, 6.45) is 3.98. The first-order chi connectivity index (χ1) is 18.1. The van der Waals surface area contributed by atoms with Gasteiger partial charge in [-0.3, -0.25) is 0 Å². The van der Waals surface area contributed by atoms with Crippen LogP contribution in [0.2, 0.25) is 0 Å². The van der Waals surface area contributed by atoms with Gasteiger partial charge in [0.1, 0.15) is 11.6 Å². The molecule has 0 radical (unpaired) electrons. The molecule has 1 saturated heterocycles. The highest BCUT2D eigenvalue weighted by Crippen LogP contribution is 2.34. The Hall–Kier alpha value is -2.28. The zero-order valence-corrected chi connectivity index (χ0v) is 21.3. The first-order valence-electron chi connectivity index (χ1n) is 13.2. The Morgan fingerprint density at radius 3 is 2.29 bits per heavy atom. The molecule has 2 aliphatic rings. The summed E-state index contributed by atoms with van der Waals surface area (Å²) >= 11 is 0. The van der Waals surface area contributed by atoms with E-state index in [0.717, 1.165) is 36.8 Å². The standard InChI is InChI=1S/C29H32F6O3/c1-2-3-4-5-18-6-8-22(9-7-18)36-15-19-16-37-28(38-17-19)21-12-20-13-24(30)23(10-11-29(33,34)35)27(32)26(20)25(31)14-21/h12-14,18-19,22,28H,2-9,15-17H2,1H3. The van der Waals surface area contributed by atoms with Crippen LogP contribution >= 0.6 is 0 Å².